The molecular weight excluding hydrogens is 559 g/mol. The van der Waals surface area contributed by atoms with Gasteiger partial charge in [0.1, 0.15) is 17.6 Å². The molecule has 0 fully saturated rings. The van der Waals surface area contributed by atoms with Crippen molar-refractivity contribution in [3.63, 3.8) is 0 Å². The highest BCUT2D eigenvalue weighted by Gasteiger charge is 2.32. The van der Waals surface area contributed by atoms with E-state index in [2.05, 4.69) is 21.2 Å². The van der Waals surface area contributed by atoms with Crippen molar-refractivity contribution in [3.05, 3.63) is 112 Å². The van der Waals surface area contributed by atoms with Gasteiger partial charge in [0.25, 0.3) is 5.91 Å². The molecule has 0 aromatic heterocycles. The molecule has 1 N–H and O–H groups in total. The fourth-order valence-electron chi connectivity index (χ4n) is 4.35. The molecule has 202 valence electrons. The second-order valence-electron chi connectivity index (χ2n) is 9.52. The number of nitrogens with one attached hydrogen (secondary N) is 1. The molecule has 4 aromatic rings. The minimum Gasteiger partial charge on any atom is -0.483 e. The number of hydrogen-bond donors (Lipinski definition) is 1. The second kappa shape index (κ2) is 13.4. The van der Waals surface area contributed by atoms with Crippen molar-refractivity contribution in [2.75, 3.05) is 6.61 Å². The summed E-state index contributed by atoms with van der Waals surface area (Å²) in [5.41, 5.74) is 1.22. The summed E-state index contributed by atoms with van der Waals surface area (Å²) < 4.78 is 21.5. The lowest BCUT2D eigenvalue weighted by Crippen LogP contribution is -2.53. The fourth-order valence-corrected chi connectivity index (χ4v) is 4.96. The van der Waals surface area contributed by atoms with Crippen molar-refractivity contribution < 1.29 is 18.7 Å². The monoisotopic (exact) mass is 590 g/mol. The molecule has 5 nitrogen and oxygen atoms in total. The van der Waals surface area contributed by atoms with E-state index in [4.69, 9.17) is 4.74 Å². The Labute approximate surface area is 237 Å². The zero-order valence-electron chi connectivity index (χ0n) is 22.1. The molecular formula is C32H32BrFN2O3. The predicted molar refractivity (Wildman–Crippen MR) is 156 cm³/mol. The third kappa shape index (κ3) is 7.24. The van der Waals surface area contributed by atoms with E-state index in [1.807, 2.05) is 74.5 Å². The van der Waals surface area contributed by atoms with Gasteiger partial charge in [0.05, 0.1) is 4.47 Å². The lowest BCUT2D eigenvalue weighted by molar-refractivity contribution is -0.143. The summed E-state index contributed by atoms with van der Waals surface area (Å²) in [6.07, 6.45) is 1.02. The number of rotatable bonds is 11. The van der Waals surface area contributed by atoms with Gasteiger partial charge < -0.3 is 15.0 Å². The van der Waals surface area contributed by atoms with Crippen LogP contribution >= 0.6 is 15.9 Å². The van der Waals surface area contributed by atoms with Gasteiger partial charge in [-0.1, -0.05) is 85.8 Å². The highest BCUT2D eigenvalue weighted by Crippen LogP contribution is 2.33. The summed E-state index contributed by atoms with van der Waals surface area (Å²) in [7, 11) is 0. The number of ether oxygens (including phenoxy) is 1. The quantitative estimate of drug-likeness (QED) is 0.212. The Morgan fingerprint density at radius 2 is 1.64 bits per heavy atom. The van der Waals surface area contributed by atoms with E-state index in [1.54, 1.807) is 24.3 Å². The van der Waals surface area contributed by atoms with E-state index in [9.17, 15) is 14.0 Å². The van der Waals surface area contributed by atoms with Crippen molar-refractivity contribution in [3.8, 4) is 5.75 Å². The Hall–Kier alpha value is -3.71. The third-order valence-corrected chi connectivity index (χ3v) is 7.57. The van der Waals surface area contributed by atoms with E-state index < -0.39 is 17.8 Å². The summed E-state index contributed by atoms with van der Waals surface area (Å²) in [5.74, 6) is -0.630. The van der Waals surface area contributed by atoms with E-state index in [1.165, 1.54) is 11.0 Å². The van der Waals surface area contributed by atoms with Gasteiger partial charge in [0.15, 0.2) is 6.61 Å². The van der Waals surface area contributed by atoms with Crippen LogP contribution in [0.4, 0.5) is 4.39 Å². The Bertz CT molecular complexity index is 1430. The maximum Gasteiger partial charge on any atom is 0.261 e. The molecule has 4 rings (SSSR count). The molecule has 2 atom stereocenters. The number of benzene rings is 4. The van der Waals surface area contributed by atoms with Crippen LogP contribution in [-0.2, 0) is 22.6 Å². The number of hydrogen-bond acceptors (Lipinski definition) is 3. The van der Waals surface area contributed by atoms with Gasteiger partial charge >= 0.3 is 0 Å². The van der Waals surface area contributed by atoms with Gasteiger partial charge in [0, 0.05) is 24.6 Å². The van der Waals surface area contributed by atoms with Crippen molar-refractivity contribution in [1.29, 1.82) is 0 Å². The normalized spacial score (nSPS) is 12.5. The van der Waals surface area contributed by atoms with Crippen LogP contribution < -0.4 is 10.1 Å². The molecule has 0 aliphatic carbocycles. The van der Waals surface area contributed by atoms with Crippen LogP contribution in [0.15, 0.2) is 95.5 Å². The topological polar surface area (TPSA) is 58.6 Å². The van der Waals surface area contributed by atoms with Crippen molar-refractivity contribution in [1.82, 2.24) is 10.2 Å². The Kier molecular flexibility index (Phi) is 9.71. The Morgan fingerprint density at radius 3 is 2.38 bits per heavy atom. The SMILES string of the molecule is CCC(C)NC(=O)C(Cc1ccccc1)N(Cc1ccccc1F)C(=O)COc1ccc2ccccc2c1Br. The molecule has 0 bridgehead atoms. The molecule has 0 heterocycles. The molecule has 0 aliphatic rings. The molecule has 0 saturated carbocycles. The Balaban J connectivity index is 1.65. The molecule has 0 saturated heterocycles. The zero-order valence-corrected chi connectivity index (χ0v) is 23.7. The molecule has 2 unspecified atom stereocenters. The lowest BCUT2D eigenvalue weighted by Gasteiger charge is -2.32. The van der Waals surface area contributed by atoms with Gasteiger partial charge in [-0.15, -0.1) is 0 Å². The summed E-state index contributed by atoms with van der Waals surface area (Å²) in [6, 6.07) is 26.4. The highest BCUT2D eigenvalue weighted by molar-refractivity contribution is 9.10. The van der Waals surface area contributed by atoms with Crippen LogP contribution in [0.3, 0.4) is 0 Å². The molecule has 0 spiro atoms. The van der Waals surface area contributed by atoms with E-state index in [0.717, 1.165) is 27.2 Å². The number of carbonyl (C=O) groups excluding carboxylic acids is 2. The average Bonchev–Trinajstić information content (AvgIpc) is 2.95. The van der Waals surface area contributed by atoms with Gasteiger partial charge in [-0.25, -0.2) is 4.39 Å². The number of carbonyl (C=O) groups is 2. The van der Waals surface area contributed by atoms with E-state index >= 15 is 0 Å². The van der Waals surface area contributed by atoms with Crippen LogP contribution in [-0.4, -0.2) is 35.4 Å². The number of nitrogens with zero attached hydrogens (tertiary/aromatic N) is 1. The minimum absolute atomic E-state index is 0.0703. The smallest absolute Gasteiger partial charge is 0.261 e. The number of fused-ring (bicyclic) bond motifs is 1. The third-order valence-electron chi connectivity index (χ3n) is 6.75. The van der Waals surface area contributed by atoms with Gasteiger partial charge in [-0.2, -0.15) is 0 Å². The predicted octanol–water partition coefficient (Wildman–Crippen LogP) is 6.68. The van der Waals surface area contributed by atoms with E-state index in [-0.39, 0.29) is 31.5 Å². The van der Waals surface area contributed by atoms with Crippen LogP contribution in [0.5, 0.6) is 5.75 Å². The first-order valence-corrected chi connectivity index (χ1v) is 13.8. The molecule has 39 heavy (non-hydrogen) atoms. The largest absolute Gasteiger partial charge is 0.483 e. The maximum absolute atomic E-state index is 14.7. The van der Waals surface area contributed by atoms with Gasteiger partial charge in [0.2, 0.25) is 5.91 Å². The molecule has 0 radical (unpaired) electrons. The van der Waals surface area contributed by atoms with Crippen molar-refractivity contribution >= 4 is 38.5 Å². The van der Waals surface area contributed by atoms with Crippen molar-refractivity contribution in [2.45, 2.75) is 45.3 Å². The molecule has 2 amide bonds. The summed E-state index contributed by atoms with van der Waals surface area (Å²) >= 11 is 3.60. The minimum atomic E-state index is -0.864. The van der Waals surface area contributed by atoms with Crippen molar-refractivity contribution in [2.24, 2.45) is 0 Å². The standard InChI is InChI=1S/C32H32BrFN2O3/c1-3-22(2)35-32(38)28(19-23-11-5-4-6-12-23)36(20-25-14-8-10-16-27(25)34)30(37)21-39-29-18-17-24-13-7-9-15-26(24)31(29)33/h4-18,22,28H,3,19-21H2,1-2H3,(H,35,38). The maximum atomic E-state index is 14.7. The van der Waals surface area contributed by atoms with Gasteiger partial charge in [-0.3, -0.25) is 9.59 Å². The molecule has 4 aromatic carbocycles. The zero-order chi connectivity index (χ0) is 27.8. The first-order chi connectivity index (χ1) is 18.9. The van der Waals surface area contributed by atoms with E-state index in [0.29, 0.717) is 11.3 Å². The van der Waals surface area contributed by atoms with Gasteiger partial charge in [-0.05, 0) is 57.7 Å². The molecule has 0 aliphatic heterocycles. The lowest BCUT2D eigenvalue weighted by atomic mass is 10.0. The van der Waals surface area contributed by atoms with Crippen LogP contribution in [0, 0.1) is 5.82 Å². The summed E-state index contributed by atoms with van der Waals surface area (Å²) in [6.45, 7) is 3.52. The number of halogens is 2. The number of amides is 2. The first kappa shape index (κ1) is 28.3. The fraction of sp³-hybridized carbons (Fsp3) is 0.250. The Morgan fingerprint density at radius 1 is 0.949 bits per heavy atom. The summed E-state index contributed by atoms with van der Waals surface area (Å²) in [5, 5.41) is 5.01. The van der Waals surface area contributed by atoms with Crippen LogP contribution in [0.1, 0.15) is 31.4 Å². The molecule has 7 heteroatoms. The second-order valence-corrected chi connectivity index (χ2v) is 10.3. The van der Waals surface area contributed by atoms with Crippen LogP contribution in [0.25, 0.3) is 10.8 Å². The van der Waals surface area contributed by atoms with Crippen LogP contribution in [0.2, 0.25) is 0 Å². The highest BCUT2D eigenvalue weighted by atomic mass is 79.9. The average molecular weight is 592 g/mol. The first-order valence-electron chi connectivity index (χ1n) is 13.0. The summed E-state index contributed by atoms with van der Waals surface area (Å²) in [4.78, 5) is 28.8.